The van der Waals surface area contributed by atoms with E-state index < -0.39 is 24.9 Å². The van der Waals surface area contributed by atoms with E-state index >= 15 is 0 Å². The van der Waals surface area contributed by atoms with Crippen molar-refractivity contribution in [1.29, 1.82) is 0 Å². The van der Waals surface area contributed by atoms with Crippen molar-refractivity contribution in [2.45, 2.75) is 12.9 Å². The van der Waals surface area contributed by atoms with Gasteiger partial charge in [0.1, 0.15) is 17.0 Å². The summed E-state index contributed by atoms with van der Waals surface area (Å²) in [4.78, 5) is 24.1. The molecule has 3 aromatic rings. The smallest absolute Gasteiger partial charge is 0.478 e. The Morgan fingerprint density at radius 3 is 2.55 bits per heavy atom. The van der Waals surface area contributed by atoms with E-state index in [0.29, 0.717) is 10.6 Å². The Morgan fingerprint density at radius 2 is 1.90 bits per heavy atom. The average molecular weight is 415 g/mol. The van der Waals surface area contributed by atoms with E-state index in [4.69, 9.17) is 21.2 Å². The quantitative estimate of drug-likeness (QED) is 0.455. The zero-order valence-corrected chi connectivity index (χ0v) is 15.9. The molecule has 1 heterocycles. The molecule has 0 fully saturated rings. The second-order valence-corrected chi connectivity index (χ2v) is 6.64. The lowest BCUT2D eigenvalue weighted by Gasteiger charge is -2.19. The van der Waals surface area contributed by atoms with Crippen LogP contribution in [0.4, 0.5) is 0 Å². The molecule has 0 saturated heterocycles. The molecular weight excluding hydrogens is 398 g/mol. The third kappa shape index (κ3) is 4.32. The maximum absolute atomic E-state index is 12.9. The zero-order valence-electron chi connectivity index (χ0n) is 15.2. The Morgan fingerprint density at radius 1 is 1.17 bits per heavy atom. The molecule has 0 spiro atoms. The number of nitrogens with zero attached hydrogens (tertiary/aromatic N) is 1. The fraction of sp³-hybridized carbons (Fsp3) is 0.105. The minimum atomic E-state index is -1.98. The highest BCUT2D eigenvalue weighted by atomic mass is 35.5. The van der Waals surface area contributed by atoms with Crippen LogP contribution >= 0.6 is 11.6 Å². The van der Waals surface area contributed by atoms with Gasteiger partial charge in [-0.2, -0.15) is 0 Å². The number of rotatable bonds is 6. The van der Waals surface area contributed by atoms with Gasteiger partial charge in [-0.05, 0) is 30.7 Å². The molecule has 4 N–H and O–H groups in total. The third-order valence-corrected chi connectivity index (χ3v) is 4.63. The summed E-state index contributed by atoms with van der Waals surface area (Å²) in [5.74, 6) is -2.93. The number of carbonyl (C=O) groups excluding carboxylic acids is 1. The number of benzene rings is 2. The lowest BCUT2D eigenvalue weighted by atomic mass is 9.74. The molecule has 0 bridgehead atoms. The molecule has 1 amide bonds. The first kappa shape index (κ1) is 20.6. The molecule has 8 nitrogen and oxygen atoms in total. The van der Waals surface area contributed by atoms with Crippen molar-refractivity contribution in [2.24, 2.45) is 0 Å². The Balaban J connectivity index is 1.97. The Bertz CT molecular complexity index is 1070. The lowest BCUT2D eigenvalue weighted by Crippen LogP contribution is -2.39. The molecule has 0 unspecified atom stereocenters. The molecule has 29 heavy (non-hydrogen) atoms. The average Bonchev–Trinajstić information content (AvgIpc) is 3.07. The van der Waals surface area contributed by atoms with Crippen molar-refractivity contribution in [3.63, 3.8) is 0 Å². The van der Waals surface area contributed by atoms with Gasteiger partial charge >= 0.3 is 13.1 Å². The van der Waals surface area contributed by atoms with Gasteiger partial charge in [0.05, 0.1) is 16.5 Å². The first-order valence-corrected chi connectivity index (χ1v) is 8.88. The molecule has 2 aromatic carbocycles. The first-order valence-electron chi connectivity index (χ1n) is 8.51. The van der Waals surface area contributed by atoms with Crippen LogP contribution in [0.2, 0.25) is 5.02 Å². The number of amides is 1. The molecule has 0 saturated carbocycles. The van der Waals surface area contributed by atoms with Gasteiger partial charge in [-0.15, -0.1) is 0 Å². The van der Waals surface area contributed by atoms with E-state index in [9.17, 15) is 19.6 Å². The van der Waals surface area contributed by atoms with Crippen LogP contribution in [0.15, 0.2) is 53.1 Å². The summed E-state index contributed by atoms with van der Waals surface area (Å²) in [7, 11) is -1.98. The first-order chi connectivity index (χ1) is 13.8. The van der Waals surface area contributed by atoms with E-state index in [1.807, 2.05) is 0 Å². The van der Waals surface area contributed by atoms with Gasteiger partial charge in [0, 0.05) is 5.56 Å². The number of aromatic nitrogens is 1. The van der Waals surface area contributed by atoms with E-state index in [2.05, 4.69) is 10.5 Å². The Hall–Kier alpha value is -3.14. The van der Waals surface area contributed by atoms with E-state index in [1.165, 1.54) is 31.2 Å². The normalized spacial score (nSPS) is 11.7. The minimum Gasteiger partial charge on any atom is -0.478 e. The minimum absolute atomic E-state index is 0.0553. The summed E-state index contributed by atoms with van der Waals surface area (Å²) in [5, 5.41) is 35.5. The fourth-order valence-electron chi connectivity index (χ4n) is 2.89. The van der Waals surface area contributed by atoms with Crippen molar-refractivity contribution in [3.8, 4) is 11.3 Å². The van der Waals surface area contributed by atoms with Gasteiger partial charge in [-0.25, -0.2) is 4.79 Å². The van der Waals surface area contributed by atoms with Crippen LogP contribution < -0.4 is 5.32 Å². The predicted molar refractivity (Wildman–Crippen MR) is 105 cm³/mol. The van der Waals surface area contributed by atoms with Gasteiger partial charge in [-0.3, -0.25) is 4.79 Å². The summed E-state index contributed by atoms with van der Waals surface area (Å²) in [5.41, 5.74) is 0.918. The summed E-state index contributed by atoms with van der Waals surface area (Å²) in [6.45, 7) is 1.54. The molecular formula is C19H16BClN2O6. The highest BCUT2D eigenvalue weighted by molar-refractivity contribution is 6.43. The molecule has 1 atom stereocenters. The number of carboxylic acids is 1. The van der Waals surface area contributed by atoms with E-state index in [0.717, 1.165) is 0 Å². The van der Waals surface area contributed by atoms with Crippen molar-refractivity contribution in [3.05, 3.63) is 76.0 Å². The highest BCUT2D eigenvalue weighted by Gasteiger charge is 2.31. The van der Waals surface area contributed by atoms with Crippen LogP contribution in [0.5, 0.6) is 0 Å². The molecule has 3 rings (SSSR count). The number of aryl methyl sites for hydroxylation is 1. The number of hydrogen-bond acceptors (Lipinski definition) is 6. The summed E-state index contributed by atoms with van der Waals surface area (Å²) >= 11 is 6.19. The van der Waals surface area contributed by atoms with Gasteiger partial charge in [0.25, 0.3) is 5.91 Å². The van der Waals surface area contributed by atoms with Crippen LogP contribution in [-0.2, 0) is 0 Å². The van der Waals surface area contributed by atoms with Gasteiger partial charge in [0.15, 0.2) is 0 Å². The predicted octanol–water partition coefficient (Wildman–Crippen LogP) is 2.48. The van der Waals surface area contributed by atoms with Crippen LogP contribution in [0.1, 0.15) is 38.0 Å². The van der Waals surface area contributed by atoms with Gasteiger partial charge < -0.3 is 25.0 Å². The van der Waals surface area contributed by atoms with Gasteiger partial charge in [0.2, 0.25) is 0 Å². The molecule has 1 aromatic heterocycles. The highest BCUT2D eigenvalue weighted by Crippen LogP contribution is 2.31. The van der Waals surface area contributed by atoms with Crippen molar-refractivity contribution >= 4 is 30.6 Å². The lowest BCUT2D eigenvalue weighted by molar-refractivity contribution is 0.0696. The number of carbonyl (C=O) groups is 2. The number of carboxylic acid groups (broad SMARTS) is 1. The molecule has 148 valence electrons. The second kappa shape index (κ2) is 8.48. The van der Waals surface area contributed by atoms with E-state index in [1.54, 1.807) is 24.3 Å². The monoisotopic (exact) mass is 414 g/mol. The maximum Gasteiger partial charge on any atom is 0.480 e. The van der Waals surface area contributed by atoms with Crippen LogP contribution in [0.3, 0.4) is 0 Å². The second-order valence-electron chi connectivity index (χ2n) is 6.24. The third-order valence-electron chi connectivity index (χ3n) is 4.30. The standard InChI is InChI=1S/C19H16BClN2O6/c1-10-15(16(23-29-10)13-7-2-3-8-14(13)21)18(24)22-17(20(27)28)11-5-4-6-12(9-11)19(25)26/h2-9,17,27-28H,1H3,(H,22,24)(H,25,26)/t17-/m0/s1. The maximum atomic E-state index is 12.9. The van der Waals surface area contributed by atoms with Crippen molar-refractivity contribution < 1.29 is 29.3 Å². The van der Waals surface area contributed by atoms with E-state index in [-0.39, 0.29) is 28.1 Å². The number of halogens is 1. The summed E-state index contributed by atoms with van der Waals surface area (Å²) in [6, 6.07) is 12.3. The number of nitrogens with one attached hydrogen (secondary N) is 1. The molecule has 0 aliphatic rings. The van der Waals surface area contributed by atoms with Gasteiger partial charge in [-0.1, -0.05) is 47.1 Å². The largest absolute Gasteiger partial charge is 0.480 e. The van der Waals surface area contributed by atoms with Crippen LogP contribution in [0, 0.1) is 6.92 Å². The van der Waals surface area contributed by atoms with Crippen LogP contribution in [-0.4, -0.2) is 39.3 Å². The molecule has 0 aliphatic heterocycles. The fourth-order valence-corrected chi connectivity index (χ4v) is 3.11. The number of hydrogen-bond donors (Lipinski definition) is 4. The van der Waals surface area contributed by atoms with Crippen molar-refractivity contribution in [2.75, 3.05) is 0 Å². The Labute approximate surface area is 170 Å². The summed E-state index contributed by atoms with van der Waals surface area (Å²) < 4.78 is 5.15. The molecule has 10 heteroatoms. The number of aromatic carboxylic acids is 1. The summed E-state index contributed by atoms with van der Waals surface area (Å²) in [6.07, 6.45) is 0. The molecule has 0 radical (unpaired) electrons. The Kier molecular flexibility index (Phi) is 6.02. The zero-order chi connectivity index (χ0) is 21.1. The van der Waals surface area contributed by atoms with Crippen molar-refractivity contribution in [1.82, 2.24) is 10.5 Å². The molecule has 0 aliphatic carbocycles. The SMILES string of the molecule is Cc1onc(-c2ccccc2Cl)c1C(=O)N[C@H](B(O)O)c1cccc(C(=O)O)c1. The van der Waals surface area contributed by atoms with Crippen LogP contribution in [0.25, 0.3) is 11.3 Å². The topological polar surface area (TPSA) is 133 Å².